The highest BCUT2D eigenvalue weighted by atomic mass is 16.5. The summed E-state index contributed by atoms with van der Waals surface area (Å²) in [5.74, 6) is 1.62. The molecule has 3 nitrogen and oxygen atoms in total. The smallest absolute Gasteiger partial charge is 0.227 e. The van der Waals surface area contributed by atoms with Crippen LogP contribution < -0.4 is 4.74 Å². The van der Waals surface area contributed by atoms with E-state index in [0.717, 1.165) is 41.9 Å². The van der Waals surface area contributed by atoms with E-state index in [-0.39, 0.29) is 0 Å². The molecule has 0 atom stereocenters. The minimum atomic E-state index is 0.684. The highest BCUT2D eigenvalue weighted by Crippen LogP contribution is 2.29. The van der Waals surface area contributed by atoms with Gasteiger partial charge in [-0.15, -0.1) is 0 Å². The number of unbranched alkanes of at least 4 members (excludes halogenated alkanes) is 7. The number of fused-ring (bicyclic) bond motifs is 2. The van der Waals surface area contributed by atoms with Crippen LogP contribution in [0.1, 0.15) is 77.2 Å². The van der Waals surface area contributed by atoms with Crippen molar-refractivity contribution in [1.29, 1.82) is 0 Å². The summed E-state index contributed by atoms with van der Waals surface area (Å²) in [7, 11) is 0. The van der Waals surface area contributed by atoms with Crippen molar-refractivity contribution in [2.45, 2.75) is 78.1 Å². The summed E-state index contributed by atoms with van der Waals surface area (Å²) in [6.07, 6.45) is 12.6. The molecule has 3 heteroatoms. The van der Waals surface area contributed by atoms with Gasteiger partial charge in [-0.25, -0.2) is 4.98 Å². The van der Waals surface area contributed by atoms with Gasteiger partial charge in [-0.3, -0.25) is 0 Å². The molecule has 3 aromatic carbocycles. The summed E-state index contributed by atoms with van der Waals surface area (Å²) in [6, 6.07) is 19.1. The average Bonchev–Trinajstić information content (AvgIpc) is 3.27. The lowest BCUT2D eigenvalue weighted by atomic mass is 10.0. The van der Waals surface area contributed by atoms with E-state index in [9.17, 15) is 0 Å². The molecule has 0 unspecified atom stereocenters. The molecule has 0 bridgehead atoms. The predicted molar refractivity (Wildman–Crippen MR) is 139 cm³/mol. The molecule has 0 saturated heterocycles. The molecular formula is C30H37NO2. The van der Waals surface area contributed by atoms with Gasteiger partial charge in [0.25, 0.3) is 0 Å². The lowest BCUT2D eigenvalue weighted by Gasteiger charge is -2.07. The van der Waals surface area contributed by atoms with Crippen LogP contribution in [0.15, 0.2) is 59.0 Å². The molecule has 0 aliphatic carbocycles. The zero-order valence-corrected chi connectivity index (χ0v) is 20.2. The Kier molecular flexibility index (Phi) is 8.41. The largest absolute Gasteiger partial charge is 0.494 e. The third-order valence-electron chi connectivity index (χ3n) is 6.35. The second-order valence-electron chi connectivity index (χ2n) is 9.12. The molecule has 4 rings (SSSR count). The molecule has 0 fully saturated rings. The summed E-state index contributed by atoms with van der Waals surface area (Å²) < 4.78 is 12.0. The van der Waals surface area contributed by atoms with Gasteiger partial charge in [0.2, 0.25) is 5.89 Å². The van der Waals surface area contributed by atoms with E-state index >= 15 is 0 Å². The van der Waals surface area contributed by atoms with Gasteiger partial charge < -0.3 is 9.15 Å². The van der Waals surface area contributed by atoms with E-state index in [0.29, 0.717) is 5.89 Å². The standard InChI is InChI=1S/C30H37NO2/c1-3-5-7-8-9-10-12-23-13-18-29-28(20-23)31-30(33-29)26-15-14-25-22-27(17-16-24(25)21-26)32-19-11-6-4-2/h13-18,20-22H,3-12,19H2,1-2H3. The van der Waals surface area contributed by atoms with Crippen molar-refractivity contribution in [2.24, 2.45) is 0 Å². The Labute approximate surface area is 198 Å². The van der Waals surface area contributed by atoms with Gasteiger partial charge in [0.1, 0.15) is 11.3 Å². The number of benzene rings is 3. The van der Waals surface area contributed by atoms with Crippen molar-refractivity contribution < 1.29 is 9.15 Å². The maximum Gasteiger partial charge on any atom is 0.227 e. The number of aromatic nitrogens is 1. The molecule has 0 aliphatic rings. The van der Waals surface area contributed by atoms with E-state index in [2.05, 4.69) is 68.4 Å². The molecule has 0 saturated carbocycles. The topological polar surface area (TPSA) is 35.3 Å². The molecule has 0 N–H and O–H groups in total. The van der Waals surface area contributed by atoms with E-state index in [4.69, 9.17) is 14.1 Å². The summed E-state index contributed by atoms with van der Waals surface area (Å²) in [5, 5.41) is 2.34. The molecule has 1 heterocycles. The van der Waals surface area contributed by atoms with Crippen LogP contribution in [-0.2, 0) is 6.42 Å². The summed E-state index contributed by atoms with van der Waals surface area (Å²) in [6.45, 7) is 5.25. The van der Waals surface area contributed by atoms with Crippen molar-refractivity contribution in [1.82, 2.24) is 4.98 Å². The average molecular weight is 444 g/mol. The molecule has 4 aromatic rings. The quantitative estimate of drug-likeness (QED) is 0.193. The number of hydrogen-bond donors (Lipinski definition) is 0. The maximum absolute atomic E-state index is 6.09. The van der Waals surface area contributed by atoms with Crippen molar-refractivity contribution in [3.8, 4) is 17.2 Å². The first-order chi connectivity index (χ1) is 16.3. The van der Waals surface area contributed by atoms with Crippen molar-refractivity contribution in [2.75, 3.05) is 6.61 Å². The third kappa shape index (κ3) is 6.37. The molecule has 0 amide bonds. The van der Waals surface area contributed by atoms with Crippen LogP contribution in [0.4, 0.5) is 0 Å². The zero-order chi connectivity index (χ0) is 22.9. The van der Waals surface area contributed by atoms with Gasteiger partial charge in [-0.1, -0.05) is 77.0 Å². The van der Waals surface area contributed by atoms with E-state index < -0.39 is 0 Å². The second kappa shape index (κ2) is 11.9. The van der Waals surface area contributed by atoms with E-state index in [1.54, 1.807) is 0 Å². The van der Waals surface area contributed by atoms with E-state index in [1.807, 2.05) is 0 Å². The first-order valence-electron chi connectivity index (χ1n) is 12.8. The van der Waals surface area contributed by atoms with Crippen LogP contribution in [0.3, 0.4) is 0 Å². The van der Waals surface area contributed by atoms with Crippen LogP contribution in [0, 0.1) is 0 Å². The molecule has 1 aromatic heterocycles. The molecule has 174 valence electrons. The number of ether oxygens (including phenoxy) is 1. The monoisotopic (exact) mass is 443 g/mol. The molecule has 0 aliphatic heterocycles. The number of nitrogens with zero attached hydrogens (tertiary/aromatic N) is 1. The Morgan fingerprint density at radius 3 is 2.36 bits per heavy atom. The van der Waals surface area contributed by atoms with Gasteiger partial charge in [0.15, 0.2) is 5.58 Å². The summed E-state index contributed by atoms with van der Waals surface area (Å²) >= 11 is 0. The van der Waals surface area contributed by atoms with Crippen LogP contribution in [0.5, 0.6) is 5.75 Å². The fourth-order valence-corrected chi connectivity index (χ4v) is 4.35. The molecule has 0 radical (unpaired) electrons. The van der Waals surface area contributed by atoms with Gasteiger partial charge in [0.05, 0.1) is 6.61 Å². The van der Waals surface area contributed by atoms with Crippen LogP contribution in [-0.4, -0.2) is 11.6 Å². The van der Waals surface area contributed by atoms with Gasteiger partial charge in [-0.2, -0.15) is 0 Å². The zero-order valence-electron chi connectivity index (χ0n) is 20.2. The van der Waals surface area contributed by atoms with Crippen LogP contribution >= 0.6 is 0 Å². The first-order valence-corrected chi connectivity index (χ1v) is 12.8. The lowest BCUT2D eigenvalue weighted by Crippen LogP contribution is -1.96. The van der Waals surface area contributed by atoms with Gasteiger partial charge in [-0.05, 0) is 72.0 Å². The normalized spacial score (nSPS) is 11.5. The van der Waals surface area contributed by atoms with Crippen LogP contribution in [0.25, 0.3) is 33.3 Å². The van der Waals surface area contributed by atoms with Crippen molar-refractivity contribution >= 4 is 21.9 Å². The summed E-state index contributed by atoms with van der Waals surface area (Å²) in [4.78, 5) is 4.80. The SMILES string of the molecule is CCCCCCCCc1ccc2oc(-c3ccc4cc(OCCCCC)ccc4c3)nc2c1. The van der Waals surface area contributed by atoms with Crippen molar-refractivity contribution in [3.05, 3.63) is 60.2 Å². The Morgan fingerprint density at radius 1 is 0.727 bits per heavy atom. The Bertz CT molecular complexity index is 1160. The Hall–Kier alpha value is -2.81. The number of rotatable bonds is 13. The highest BCUT2D eigenvalue weighted by molar-refractivity contribution is 5.88. The predicted octanol–water partition coefficient (Wildman–Crippen LogP) is 9.12. The second-order valence-corrected chi connectivity index (χ2v) is 9.12. The minimum Gasteiger partial charge on any atom is -0.494 e. The highest BCUT2D eigenvalue weighted by Gasteiger charge is 2.10. The summed E-state index contributed by atoms with van der Waals surface area (Å²) in [5.41, 5.74) is 4.16. The van der Waals surface area contributed by atoms with Gasteiger partial charge >= 0.3 is 0 Å². The van der Waals surface area contributed by atoms with Crippen molar-refractivity contribution in [3.63, 3.8) is 0 Å². The maximum atomic E-state index is 6.09. The fraction of sp³-hybridized carbons (Fsp3) is 0.433. The van der Waals surface area contributed by atoms with Gasteiger partial charge in [0, 0.05) is 5.56 Å². The fourth-order valence-electron chi connectivity index (χ4n) is 4.35. The minimum absolute atomic E-state index is 0.684. The number of aryl methyl sites for hydroxylation is 1. The first kappa shape index (κ1) is 23.4. The molecule has 0 spiro atoms. The molecule has 33 heavy (non-hydrogen) atoms. The number of oxazole rings is 1. The van der Waals surface area contributed by atoms with Crippen LogP contribution in [0.2, 0.25) is 0 Å². The molecular weight excluding hydrogens is 406 g/mol. The third-order valence-corrected chi connectivity index (χ3v) is 6.35. The number of hydrogen-bond acceptors (Lipinski definition) is 3. The lowest BCUT2D eigenvalue weighted by molar-refractivity contribution is 0.306. The van der Waals surface area contributed by atoms with E-state index in [1.165, 1.54) is 67.7 Å². The Balaban J connectivity index is 1.42. The Morgan fingerprint density at radius 2 is 1.48 bits per heavy atom.